The van der Waals surface area contributed by atoms with E-state index in [1.165, 1.54) is 6.07 Å². The molecule has 6 heteroatoms. The maximum absolute atomic E-state index is 15.0. The van der Waals surface area contributed by atoms with Crippen LogP contribution in [0.1, 0.15) is 38.8 Å². The maximum atomic E-state index is 15.0. The van der Waals surface area contributed by atoms with Crippen molar-refractivity contribution in [3.05, 3.63) is 59.7 Å². The van der Waals surface area contributed by atoms with Crippen LogP contribution in [0.4, 0.5) is 13.6 Å². The summed E-state index contributed by atoms with van der Waals surface area (Å²) >= 11 is 0. The van der Waals surface area contributed by atoms with Gasteiger partial charge in [-0.05, 0) is 37.5 Å². The SMILES string of the molecule is CCOC(=O)NC(CC(C)C)c1ccc(F)c(Oc2ccccc2)c1F. The first-order valence-electron chi connectivity index (χ1n) is 8.56. The van der Waals surface area contributed by atoms with E-state index in [1.807, 2.05) is 13.8 Å². The third-order valence-electron chi connectivity index (χ3n) is 3.69. The highest BCUT2D eigenvalue weighted by atomic mass is 19.1. The Morgan fingerprint density at radius 1 is 1.12 bits per heavy atom. The molecule has 0 aliphatic rings. The van der Waals surface area contributed by atoms with Crippen LogP contribution in [-0.4, -0.2) is 12.7 Å². The molecule has 0 aromatic heterocycles. The summed E-state index contributed by atoms with van der Waals surface area (Å²) in [7, 11) is 0. The van der Waals surface area contributed by atoms with E-state index in [1.54, 1.807) is 37.3 Å². The smallest absolute Gasteiger partial charge is 0.407 e. The van der Waals surface area contributed by atoms with Crippen molar-refractivity contribution in [2.75, 3.05) is 6.61 Å². The fourth-order valence-corrected chi connectivity index (χ4v) is 2.57. The lowest BCUT2D eigenvalue weighted by Crippen LogP contribution is -2.30. The first kappa shape index (κ1) is 19.7. The van der Waals surface area contributed by atoms with Crippen LogP contribution >= 0.6 is 0 Å². The lowest BCUT2D eigenvalue weighted by molar-refractivity contribution is 0.146. The van der Waals surface area contributed by atoms with E-state index in [0.29, 0.717) is 12.2 Å². The molecular weight excluding hydrogens is 340 g/mol. The van der Waals surface area contributed by atoms with Crippen LogP contribution in [-0.2, 0) is 4.74 Å². The zero-order chi connectivity index (χ0) is 19.1. The van der Waals surface area contributed by atoms with Crippen molar-refractivity contribution in [3.8, 4) is 11.5 Å². The largest absolute Gasteiger partial charge is 0.451 e. The zero-order valence-corrected chi connectivity index (χ0v) is 15.1. The summed E-state index contributed by atoms with van der Waals surface area (Å²) in [6.45, 7) is 5.78. The third-order valence-corrected chi connectivity index (χ3v) is 3.69. The molecule has 0 saturated heterocycles. The van der Waals surface area contributed by atoms with Crippen molar-refractivity contribution in [3.63, 3.8) is 0 Å². The number of amides is 1. The van der Waals surface area contributed by atoms with Crippen LogP contribution in [0.2, 0.25) is 0 Å². The number of rotatable bonds is 7. The molecule has 0 fully saturated rings. The van der Waals surface area contributed by atoms with Gasteiger partial charge >= 0.3 is 6.09 Å². The Labute approximate surface area is 152 Å². The van der Waals surface area contributed by atoms with E-state index in [2.05, 4.69) is 5.32 Å². The number of benzene rings is 2. The maximum Gasteiger partial charge on any atom is 0.407 e. The Morgan fingerprint density at radius 2 is 1.81 bits per heavy atom. The molecule has 4 nitrogen and oxygen atoms in total. The molecule has 2 aromatic rings. The third kappa shape index (κ3) is 5.18. The molecule has 140 valence electrons. The monoisotopic (exact) mass is 363 g/mol. The molecule has 0 aliphatic carbocycles. The number of ether oxygens (including phenoxy) is 2. The predicted octanol–water partition coefficient (Wildman–Crippen LogP) is 5.59. The molecule has 1 N–H and O–H groups in total. The topological polar surface area (TPSA) is 47.6 Å². The lowest BCUT2D eigenvalue weighted by atomic mass is 9.96. The van der Waals surface area contributed by atoms with Gasteiger partial charge in [0.05, 0.1) is 12.6 Å². The van der Waals surface area contributed by atoms with Gasteiger partial charge < -0.3 is 14.8 Å². The number of hydrogen-bond donors (Lipinski definition) is 1. The van der Waals surface area contributed by atoms with Crippen LogP contribution in [0.5, 0.6) is 11.5 Å². The molecule has 0 bridgehead atoms. The average Bonchev–Trinajstić information content (AvgIpc) is 2.59. The highest BCUT2D eigenvalue weighted by Gasteiger charge is 2.24. The summed E-state index contributed by atoms with van der Waals surface area (Å²) in [5, 5.41) is 2.64. The van der Waals surface area contributed by atoms with E-state index in [4.69, 9.17) is 9.47 Å². The number of hydrogen-bond acceptors (Lipinski definition) is 3. The fourth-order valence-electron chi connectivity index (χ4n) is 2.57. The van der Waals surface area contributed by atoms with Gasteiger partial charge in [0.2, 0.25) is 0 Å². The zero-order valence-electron chi connectivity index (χ0n) is 15.1. The summed E-state index contributed by atoms with van der Waals surface area (Å²) in [6.07, 6.45) is -0.181. The van der Waals surface area contributed by atoms with Crippen LogP contribution in [0.3, 0.4) is 0 Å². The standard InChI is InChI=1S/C20H23F2NO3/c1-4-25-20(24)23-17(12-13(2)3)15-10-11-16(21)19(18(15)22)26-14-8-6-5-7-9-14/h5-11,13,17H,4,12H2,1-3H3,(H,23,24). The number of nitrogens with one attached hydrogen (secondary N) is 1. The second-order valence-electron chi connectivity index (χ2n) is 6.24. The molecule has 0 radical (unpaired) electrons. The van der Waals surface area contributed by atoms with Crippen molar-refractivity contribution in [2.24, 2.45) is 5.92 Å². The van der Waals surface area contributed by atoms with E-state index >= 15 is 0 Å². The highest BCUT2D eigenvalue weighted by molar-refractivity contribution is 5.68. The van der Waals surface area contributed by atoms with Gasteiger partial charge in [-0.25, -0.2) is 13.6 Å². The van der Waals surface area contributed by atoms with E-state index in [0.717, 1.165) is 6.07 Å². The number of para-hydroxylation sites is 1. The Hall–Kier alpha value is -2.63. The van der Waals surface area contributed by atoms with Crippen molar-refractivity contribution in [1.29, 1.82) is 0 Å². The van der Waals surface area contributed by atoms with Gasteiger partial charge in [-0.1, -0.05) is 38.1 Å². The molecule has 1 atom stereocenters. The molecule has 2 rings (SSSR count). The Morgan fingerprint density at radius 3 is 2.42 bits per heavy atom. The Balaban J connectivity index is 2.36. The van der Waals surface area contributed by atoms with Crippen molar-refractivity contribution < 1.29 is 23.0 Å². The van der Waals surface area contributed by atoms with Crippen molar-refractivity contribution in [2.45, 2.75) is 33.2 Å². The summed E-state index contributed by atoms with van der Waals surface area (Å²) in [6, 6.07) is 10.2. The summed E-state index contributed by atoms with van der Waals surface area (Å²) < 4.78 is 39.4. The minimum Gasteiger partial charge on any atom is -0.451 e. The molecule has 0 spiro atoms. The Bertz CT molecular complexity index is 735. The second kappa shape index (κ2) is 9.17. The molecule has 0 heterocycles. The fraction of sp³-hybridized carbons (Fsp3) is 0.350. The van der Waals surface area contributed by atoms with Gasteiger partial charge in [-0.3, -0.25) is 0 Å². The van der Waals surface area contributed by atoms with Gasteiger partial charge in [0.1, 0.15) is 5.75 Å². The molecule has 0 aliphatic heterocycles. The van der Waals surface area contributed by atoms with Gasteiger partial charge in [-0.2, -0.15) is 0 Å². The highest BCUT2D eigenvalue weighted by Crippen LogP contribution is 2.34. The molecular formula is C20H23F2NO3. The first-order chi connectivity index (χ1) is 12.4. The van der Waals surface area contributed by atoms with Crippen molar-refractivity contribution >= 4 is 6.09 Å². The molecule has 0 saturated carbocycles. The van der Waals surface area contributed by atoms with Crippen LogP contribution in [0.25, 0.3) is 0 Å². The van der Waals surface area contributed by atoms with E-state index in [-0.39, 0.29) is 18.1 Å². The number of carbonyl (C=O) groups excluding carboxylic acids is 1. The number of halogens is 2. The van der Waals surface area contributed by atoms with Crippen molar-refractivity contribution in [1.82, 2.24) is 5.32 Å². The Kier molecular flexibility index (Phi) is 6.95. The van der Waals surface area contributed by atoms with Gasteiger partial charge in [-0.15, -0.1) is 0 Å². The van der Waals surface area contributed by atoms with Crippen LogP contribution in [0.15, 0.2) is 42.5 Å². The molecule has 1 unspecified atom stereocenters. The van der Waals surface area contributed by atoms with Crippen LogP contribution < -0.4 is 10.1 Å². The molecule has 26 heavy (non-hydrogen) atoms. The second-order valence-corrected chi connectivity index (χ2v) is 6.24. The summed E-state index contributed by atoms with van der Waals surface area (Å²) in [5.41, 5.74) is 0.152. The summed E-state index contributed by atoms with van der Waals surface area (Å²) in [5.74, 6) is -1.65. The minimum atomic E-state index is -0.837. The van der Waals surface area contributed by atoms with Gasteiger partial charge in [0.25, 0.3) is 0 Å². The van der Waals surface area contributed by atoms with Gasteiger partial charge in [0.15, 0.2) is 17.4 Å². The van der Waals surface area contributed by atoms with Crippen LogP contribution in [0, 0.1) is 17.6 Å². The first-order valence-corrected chi connectivity index (χ1v) is 8.56. The summed E-state index contributed by atoms with van der Waals surface area (Å²) in [4.78, 5) is 11.8. The lowest BCUT2D eigenvalue weighted by Gasteiger charge is -2.22. The molecule has 2 aromatic carbocycles. The number of alkyl carbamates (subject to hydrolysis) is 1. The average molecular weight is 363 g/mol. The molecule has 1 amide bonds. The quantitative estimate of drug-likeness (QED) is 0.697. The van der Waals surface area contributed by atoms with Gasteiger partial charge in [0, 0.05) is 5.56 Å². The predicted molar refractivity (Wildman–Crippen MR) is 95.2 cm³/mol. The van der Waals surface area contributed by atoms with E-state index in [9.17, 15) is 13.6 Å². The van der Waals surface area contributed by atoms with E-state index < -0.39 is 29.5 Å². The number of carbonyl (C=O) groups is 1. The minimum absolute atomic E-state index is 0.152. The normalized spacial score (nSPS) is 11.9.